The fourth-order valence-electron chi connectivity index (χ4n) is 3.48. The van der Waals surface area contributed by atoms with E-state index in [0.29, 0.717) is 12.0 Å². The maximum absolute atomic E-state index is 13.2. The molecule has 112 valence electrons. The summed E-state index contributed by atoms with van der Waals surface area (Å²) < 4.78 is 14.1. The predicted octanol–water partition coefficient (Wildman–Crippen LogP) is 4.79. The van der Waals surface area contributed by atoms with E-state index in [1.54, 1.807) is 12.1 Å². The van der Waals surface area contributed by atoms with E-state index < -0.39 is 0 Å². The lowest BCUT2D eigenvalue weighted by molar-refractivity contribution is 0.172. The van der Waals surface area contributed by atoms with E-state index in [4.69, 9.17) is 0 Å². The lowest BCUT2D eigenvalue weighted by atomic mass is 9.72. The number of rotatable bonds is 4. The molecule has 1 N–H and O–H groups in total. The highest BCUT2D eigenvalue weighted by Gasteiger charge is 2.31. The van der Waals surface area contributed by atoms with Crippen LogP contribution in [-0.4, -0.2) is 13.1 Å². The zero-order chi connectivity index (χ0) is 14.7. The van der Waals surface area contributed by atoms with Crippen molar-refractivity contribution in [3.05, 3.63) is 34.1 Å². The first-order valence-corrected chi connectivity index (χ1v) is 8.41. The zero-order valence-corrected chi connectivity index (χ0v) is 14.2. The standard InChI is InChI=1S/C17H25BrFN/c1-11(2)12-5-7-17(20-3)14(8-12)9-13-4-6-15(19)10-16(13)18/h4,6,10-12,14,17,20H,5,7-9H2,1-3H3. The molecular weight excluding hydrogens is 317 g/mol. The highest BCUT2D eigenvalue weighted by Crippen LogP contribution is 2.36. The van der Waals surface area contributed by atoms with E-state index >= 15 is 0 Å². The molecule has 1 aliphatic rings. The maximum atomic E-state index is 13.2. The van der Waals surface area contributed by atoms with Crippen molar-refractivity contribution in [2.75, 3.05) is 7.05 Å². The number of benzene rings is 1. The first-order valence-electron chi connectivity index (χ1n) is 7.62. The minimum atomic E-state index is -0.172. The molecular formula is C17H25BrFN. The first kappa shape index (κ1) is 16.0. The molecule has 1 aromatic rings. The number of halogens is 2. The second-order valence-corrected chi connectivity index (χ2v) is 7.27. The van der Waals surface area contributed by atoms with Gasteiger partial charge in [-0.15, -0.1) is 0 Å². The lowest BCUT2D eigenvalue weighted by Crippen LogP contribution is -2.40. The molecule has 1 saturated carbocycles. The molecule has 1 aliphatic carbocycles. The van der Waals surface area contributed by atoms with Crippen molar-refractivity contribution in [3.8, 4) is 0 Å². The van der Waals surface area contributed by atoms with Crippen LogP contribution in [-0.2, 0) is 6.42 Å². The van der Waals surface area contributed by atoms with Crippen LogP contribution in [0.4, 0.5) is 4.39 Å². The third-order valence-electron chi connectivity index (χ3n) is 4.83. The Bertz CT molecular complexity index is 447. The SMILES string of the molecule is CNC1CCC(C(C)C)CC1Cc1ccc(F)cc1Br. The van der Waals surface area contributed by atoms with Crippen molar-refractivity contribution < 1.29 is 4.39 Å². The summed E-state index contributed by atoms with van der Waals surface area (Å²) in [6.07, 6.45) is 4.87. The molecule has 3 atom stereocenters. The quantitative estimate of drug-likeness (QED) is 0.829. The van der Waals surface area contributed by atoms with Gasteiger partial charge in [0, 0.05) is 10.5 Å². The van der Waals surface area contributed by atoms with E-state index in [2.05, 4.69) is 42.1 Å². The lowest BCUT2D eigenvalue weighted by Gasteiger charge is -2.38. The van der Waals surface area contributed by atoms with E-state index in [-0.39, 0.29) is 5.82 Å². The Morgan fingerprint density at radius 1 is 1.35 bits per heavy atom. The van der Waals surface area contributed by atoms with Crippen molar-refractivity contribution in [2.45, 2.75) is 45.6 Å². The monoisotopic (exact) mass is 341 g/mol. The molecule has 0 spiro atoms. The molecule has 0 aromatic heterocycles. The van der Waals surface area contributed by atoms with Gasteiger partial charge in [0.05, 0.1) is 0 Å². The van der Waals surface area contributed by atoms with Gasteiger partial charge >= 0.3 is 0 Å². The van der Waals surface area contributed by atoms with Gasteiger partial charge in [-0.05, 0) is 68.2 Å². The minimum absolute atomic E-state index is 0.172. The second kappa shape index (κ2) is 7.04. The van der Waals surface area contributed by atoms with Crippen LogP contribution < -0.4 is 5.32 Å². The van der Waals surface area contributed by atoms with Crippen LogP contribution in [0.5, 0.6) is 0 Å². The Morgan fingerprint density at radius 2 is 2.10 bits per heavy atom. The smallest absolute Gasteiger partial charge is 0.124 e. The molecule has 0 bridgehead atoms. The van der Waals surface area contributed by atoms with E-state index in [1.807, 2.05) is 6.07 Å². The van der Waals surface area contributed by atoms with E-state index in [0.717, 1.165) is 22.7 Å². The van der Waals surface area contributed by atoms with Gasteiger partial charge in [0.25, 0.3) is 0 Å². The first-order chi connectivity index (χ1) is 9.51. The minimum Gasteiger partial charge on any atom is -0.317 e. The maximum Gasteiger partial charge on any atom is 0.124 e. The summed E-state index contributed by atoms with van der Waals surface area (Å²) in [4.78, 5) is 0. The molecule has 3 unspecified atom stereocenters. The molecule has 0 heterocycles. The fraction of sp³-hybridized carbons (Fsp3) is 0.647. The van der Waals surface area contributed by atoms with Gasteiger partial charge in [-0.3, -0.25) is 0 Å². The molecule has 1 nitrogen and oxygen atoms in total. The van der Waals surface area contributed by atoms with Crippen LogP contribution in [0.15, 0.2) is 22.7 Å². The molecule has 20 heavy (non-hydrogen) atoms. The average molecular weight is 342 g/mol. The molecule has 0 radical (unpaired) electrons. The van der Waals surface area contributed by atoms with Gasteiger partial charge in [-0.2, -0.15) is 0 Å². The fourth-order valence-corrected chi connectivity index (χ4v) is 3.99. The van der Waals surface area contributed by atoms with Gasteiger partial charge in [0.2, 0.25) is 0 Å². The topological polar surface area (TPSA) is 12.0 Å². The highest BCUT2D eigenvalue weighted by atomic mass is 79.9. The Morgan fingerprint density at radius 3 is 2.70 bits per heavy atom. The molecule has 0 amide bonds. The van der Waals surface area contributed by atoms with Crippen LogP contribution in [0.25, 0.3) is 0 Å². The Labute approximate surface area is 130 Å². The van der Waals surface area contributed by atoms with Crippen molar-refractivity contribution >= 4 is 15.9 Å². The zero-order valence-electron chi connectivity index (χ0n) is 12.6. The summed E-state index contributed by atoms with van der Waals surface area (Å²) >= 11 is 3.50. The molecule has 0 saturated heterocycles. The Hall–Kier alpha value is -0.410. The molecule has 3 heteroatoms. The summed E-state index contributed by atoms with van der Waals surface area (Å²) in [6.45, 7) is 4.66. The van der Waals surface area contributed by atoms with Crippen LogP contribution in [0, 0.1) is 23.6 Å². The van der Waals surface area contributed by atoms with Crippen LogP contribution in [0.3, 0.4) is 0 Å². The van der Waals surface area contributed by atoms with Gasteiger partial charge < -0.3 is 5.32 Å². The van der Waals surface area contributed by atoms with Gasteiger partial charge in [0.15, 0.2) is 0 Å². The van der Waals surface area contributed by atoms with Crippen molar-refractivity contribution in [1.82, 2.24) is 5.32 Å². The van der Waals surface area contributed by atoms with Gasteiger partial charge in [-0.25, -0.2) is 4.39 Å². The third kappa shape index (κ3) is 3.82. The summed E-state index contributed by atoms with van der Waals surface area (Å²) in [6, 6.07) is 5.65. The highest BCUT2D eigenvalue weighted by molar-refractivity contribution is 9.10. The summed E-state index contributed by atoms with van der Waals surface area (Å²) in [5.41, 5.74) is 1.22. The predicted molar refractivity (Wildman–Crippen MR) is 86.3 cm³/mol. The second-order valence-electron chi connectivity index (χ2n) is 6.41. The average Bonchev–Trinajstić information content (AvgIpc) is 2.41. The third-order valence-corrected chi connectivity index (χ3v) is 5.57. The van der Waals surface area contributed by atoms with Crippen LogP contribution in [0.1, 0.15) is 38.7 Å². The molecule has 2 rings (SSSR count). The molecule has 1 aromatic carbocycles. The Kier molecular flexibility index (Phi) is 5.62. The van der Waals surface area contributed by atoms with Gasteiger partial charge in [0.1, 0.15) is 5.82 Å². The number of hydrogen-bond donors (Lipinski definition) is 1. The summed E-state index contributed by atoms with van der Waals surface area (Å²) in [7, 11) is 2.06. The largest absolute Gasteiger partial charge is 0.317 e. The summed E-state index contributed by atoms with van der Waals surface area (Å²) in [5.74, 6) is 2.05. The summed E-state index contributed by atoms with van der Waals surface area (Å²) in [5, 5.41) is 3.48. The van der Waals surface area contributed by atoms with Crippen molar-refractivity contribution in [2.24, 2.45) is 17.8 Å². The number of nitrogens with one attached hydrogen (secondary N) is 1. The van der Waals surface area contributed by atoms with Gasteiger partial charge in [-0.1, -0.05) is 35.8 Å². The van der Waals surface area contributed by atoms with E-state index in [1.165, 1.54) is 24.8 Å². The van der Waals surface area contributed by atoms with Crippen molar-refractivity contribution in [1.29, 1.82) is 0 Å². The van der Waals surface area contributed by atoms with E-state index in [9.17, 15) is 4.39 Å². The van der Waals surface area contributed by atoms with Crippen LogP contribution >= 0.6 is 15.9 Å². The molecule has 0 aliphatic heterocycles. The normalized spacial score (nSPS) is 27.0. The van der Waals surface area contributed by atoms with Crippen LogP contribution in [0.2, 0.25) is 0 Å². The number of hydrogen-bond acceptors (Lipinski definition) is 1. The van der Waals surface area contributed by atoms with Crippen molar-refractivity contribution in [3.63, 3.8) is 0 Å². The molecule has 1 fully saturated rings. The Balaban J connectivity index is 2.11.